The van der Waals surface area contributed by atoms with E-state index in [1.807, 2.05) is 24.3 Å². The Morgan fingerprint density at radius 1 is 1.07 bits per heavy atom. The van der Waals surface area contributed by atoms with Gasteiger partial charge in [0.2, 0.25) is 0 Å². The summed E-state index contributed by atoms with van der Waals surface area (Å²) in [7, 11) is 0. The largest absolute Gasteiger partial charge is 0.481 e. The first kappa shape index (κ1) is 19.9. The minimum Gasteiger partial charge on any atom is -0.481 e. The van der Waals surface area contributed by atoms with E-state index in [9.17, 15) is 23.1 Å². The molecule has 0 bridgehead atoms. The smallest absolute Gasteiger partial charge is 0.416 e. The lowest BCUT2D eigenvalue weighted by Gasteiger charge is -2.37. The van der Waals surface area contributed by atoms with Crippen LogP contribution < -0.4 is 0 Å². The van der Waals surface area contributed by atoms with Crippen molar-refractivity contribution >= 4 is 21.9 Å². The van der Waals surface area contributed by atoms with Crippen molar-refractivity contribution < 1.29 is 23.1 Å². The number of carbonyl (C=O) groups is 1. The van der Waals surface area contributed by atoms with Crippen molar-refractivity contribution in [3.05, 3.63) is 69.7 Å². The molecule has 0 radical (unpaired) electrons. The van der Waals surface area contributed by atoms with E-state index in [0.29, 0.717) is 25.9 Å². The first-order chi connectivity index (χ1) is 12.8. The normalized spacial score (nSPS) is 17.6. The molecule has 0 saturated carbocycles. The molecule has 0 amide bonds. The number of alkyl halides is 3. The van der Waals surface area contributed by atoms with Crippen molar-refractivity contribution in [1.29, 1.82) is 0 Å². The second kappa shape index (κ2) is 8.02. The number of hydrogen-bond donors (Lipinski definition) is 1. The van der Waals surface area contributed by atoms with Crippen molar-refractivity contribution in [2.45, 2.75) is 25.1 Å². The lowest BCUT2D eigenvalue weighted by Crippen LogP contribution is -2.39. The van der Waals surface area contributed by atoms with Crippen LogP contribution in [0.2, 0.25) is 0 Å². The van der Waals surface area contributed by atoms with Gasteiger partial charge < -0.3 is 5.11 Å². The zero-order valence-electron chi connectivity index (χ0n) is 14.4. The molecular weight excluding hydrogens is 423 g/mol. The molecule has 1 heterocycles. The van der Waals surface area contributed by atoms with Crippen molar-refractivity contribution in [1.82, 2.24) is 4.90 Å². The molecule has 27 heavy (non-hydrogen) atoms. The second-order valence-corrected chi connectivity index (χ2v) is 7.64. The average Bonchev–Trinajstić information content (AvgIpc) is 2.62. The standard InChI is InChI=1S/C20H19BrF3NO2/c21-17-3-1-2-15(12-17)18(25-10-8-14(9-11-25)19(26)27)13-4-6-16(7-5-13)20(22,23)24/h1-7,12,14,18H,8-11H2,(H,26,27). The molecule has 1 aliphatic rings. The lowest BCUT2D eigenvalue weighted by atomic mass is 9.91. The van der Waals surface area contributed by atoms with E-state index in [1.54, 1.807) is 0 Å². The molecule has 1 N–H and O–H groups in total. The highest BCUT2D eigenvalue weighted by atomic mass is 79.9. The fraction of sp³-hybridized carbons (Fsp3) is 0.350. The Hall–Kier alpha value is -1.86. The van der Waals surface area contributed by atoms with Gasteiger partial charge in [-0.1, -0.05) is 40.2 Å². The highest BCUT2D eigenvalue weighted by molar-refractivity contribution is 9.10. The van der Waals surface area contributed by atoms with Gasteiger partial charge in [-0.2, -0.15) is 13.2 Å². The van der Waals surface area contributed by atoms with E-state index < -0.39 is 17.7 Å². The monoisotopic (exact) mass is 441 g/mol. The summed E-state index contributed by atoms with van der Waals surface area (Å²) >= 11 is 3.45. The zero-order chi connectivity index (χ0) is 19.6. The van der Waals surface area contributed by atoms with Crippen LogP contribution in [0.15, 0.2) is 53.0 Å². The molecule has 2 aromatic carbocycles. The number of benzene rings is 2. The molecule has 1 saturated heterocycles. The number of rotatable bonds is 4. The molecule has 0 aromatic heterocycles. The van der Waals surface area contributed by atoms with Gasteiger partial charge in [0.15, 0.2) is 0 Å². The Morgan fingerprint density at radius 2 is 1.70 bits per heavy atom. The van der Waals surface area contributed by atoms with E-state index in [2.05, 4.69) is 20.8 Å². The molecule has 2 aromatic rings. The summed E-state index contributed by atoms with van der Waals surface area (Å²) in [5, 5.41) is 9.21. The van der Waals surface area contributed by atoms with Gasteiger partial charge in [0, 0.05) is 4.47 Å². The van der Waals surface area contributed by atoms with Gasteiger partial charge in [-0.25, -0.2) is 0 Å². The fourth-order valence-electron chi connectivity index (χ4n) is 3.55. The topological polar surface area (TPSA) is 40.5 Å². The summed E-state index contributed by atoms with van der Waals surface area (Å²) in [5.41, 5.74) is 1.04. The number of likely N-dealkylation sites (tertiary alicyclic amines) is 1. The molecule has 7 heteroatoms. The third-order valence-corrected chi connectivity index (χ3v) is 5.46. The molecular formula is C20H19BrF3NO2. The van der Waals surface area contributed by atoms with Gasteiger partial charge in [-0.05, 0) is 61.3 Å². The minimum absolute atomic E-state index is 0.223. The molecule has 1 atom stereocenters. The Morgan fingerprint density at radius 3 is 2.22 bits per heavy atom. The minimum atomic E-state index is -4.37. The SMILES string of the molecule is O=C(O)C1CCN(C(c2ccc(C(F)(F)F)cc2)c2cccc(Br)c2)CC1. The van der Waals surface area contributed by atoms with Gasteiger partial charge in [0.1, 0.15) is 0 Å². The van der Waals surface area contributed by atoms with Crippen LogP contribution in [-0.4, -0.2) is 29.1 Å². The summed E-state index contributed by atoms with van der Waals surface area (Å²) in [6.07, 6.45) is -3.31. The maximum atomic E-state index is 12.9. The summed E-state index contributed by atoms with van der Waals surface area (Å²) in [4.78, 5) is 13.4. The molecule has 1 aliphatic heterocycles. The number of piperidine rings is 1. The van der Waals surface area contributed by atoms with E-state index in [4.69, 9.17) is 0 Å². The van der Waals surface area contributed by atoms with Crippen LogP contribution in [-0.2, 0) is 11.0 Å². The Kier molecular flexibility index (Phi) is 5.91. The lowest BCUT2D eigenvalue weighted by molar-refractivity contribution is -0.143. The van der Waals surface area contributed by atoms with E-state index in [1.165, 1.54) is 12.1 Å². The molecule has 144 valence electrons. The molecule has 1 fully saturated rings. The van der Waals surface area contributed by atoms with Crippen LogP contribution in [0.5, 0.6) is 0 Å². The van der Waals surface area contributed by atoms with Crippen molar-refractivity contribution in [2.24, 2.45) is 5.92 Å². The molecule has 3 rings (SSSR count). The first-order valence-electron chi connectivity index (χ1n) is 8.65. The zero-order valence-corrected chi connectivity index (χ0v) is 16.0. The summed E-state index contributed by atoms with van der Waals surface area (Å²) in [5.74, 6) is -1.15. The van der Waals surface area contributed by atoms with Gasteiger partial charge in [-0.3, -0.25) is 9.69 Å². The number of hydrogen-bond acceptors (Lipinski definition) is 2. The van der Waals surface area contributed by atoms with E-state index >= 15 is 0 Å². The fourth-order valence-corrected chi connectivity index (χ4v) is 3.97. The molecule has 0 spiro atoms. The maximum absolute atomic E-state index is 12.9. The molecule has 3 nitrogen and oxygen atoms in total. The quantitative estimate of drug-likeness (QED) is 0.694. The van der Waals surface area contributed by atoms with Crippen molar-refractivity contribution in [3.8, 4) is 0 Å². The molecule has 1 unspecified atom stereocenters. The first-order valence-corrected chi connectivity index (χ1v) is 9.44. The predicted molar refractivity (Wildman–Crippen MR) is 99.4 cm³/mol. The van der Waals surface area contributed by atoms with Gasteiger partial charge in [-0.15, -0.1) is 0 Å². The summed E-state index contributed by atoms with van der Waals surface area (Å²) in [6, 6.07) is 12.7. The molecule has 0 aliphatic carbocycles. The van der Waals surface area contributed by atoms with Crippen LogP contribution in [0.3, 0.4) is 0 Å². The predicted octanol–water partition coefficient (Wildman–Crippen LogP) is 5.35. The Balaban J connectivity index is 1.92. The third kappa shape index (κ3) is 4.71. The van der Waals surface area contributed by atoms with Crippen LogP contribution in [0.25, 0.3) is 0 Å². The van der Waals surface area contributed by atoms with Crippen molar-refractivity contribution in [2.75, 3.05) is 13.1 Å². The third-order valence-electron chi connectivity index (χ3n) is 4.96. The number of carboxylic acids is 1. The number of aliphatic carboxylic acids is 1. The summed E-state index contributed by atoms with van der Waals surface area (Å²) < 4.78 is 39.6. The van der Waals surface area contributed by atoms with Crippen LogP contribution in [0, 0.1) is 5.92 Å². The maximum Gasteiger partial charge on any atom is 0.416 e. The number of nitrogens with zero attached hydrogens (tertiary/aromatic N) is 1. The van der Waals surface area contributed by atoms with E-state index in [-0.39, 0.29) is 12.0 Å². The van der Waals surface area contributed by atoms with Crippen molar-refractivity contribution in [3.63, 3.8) is 0 Å². The highest BCUT2D eigenvalue weighted by Crippen LogP contribution is 2.35. The van der Waals surface area contributed by atoms with Gasteiger partial charge in [0.25, 0.3) is 0 Å². The van der Waals surface area contributed by atoms with Crippen LogP contribution >= 0.6 is 15.9 Å². The average molecular weight is 442 g/mol. The Bertz CT molecular complexity index is 800. The number of carboxylic acid groups (broad SMARTS) is 1. The highest BCUT2D eigenvalue weighted by Gasteiger charge is 2.32. The number of halogens is 4. The van der Waals surface area contributed by atoms with Gasteiger partial charge in [0.05, 0.1) is 17.5 Å². The second-order valence-electron chi connectivity index (χ2n) is 6.73. The Labute approximate surface area is 163 Å². The van der Waals surface area contributed by atoms with Crippen LogP contribution in [0.1, 0.15) is 35.6 Å². The van der Waals surface area contributed by atoms with Crippen LogP contribution in [0.4, 0.5) is 13.2 Å². The summed E-state index contributed by atoms with van der Waals surface area (Å²) in [6.45, 7) is 1.16. The van der Waals surface area contributed by atoms with E-state index in [0.717, 1.165) is 27.7 Å². The van der Waals surface area contributed by atoms with Gasteiger partial charge >= 0.3 is 12.1 Å².